The van der Waals surface area contributed by atoms with Gasteiger partial charge in [0, 0.05) is 6.54 Å². The van der Waals surface area contributed by atoms with Crippen LogP contribution in [0.2, 0.25) is 0 Å². The van der Waals surface area contributed by atoms with E-state index in [1.807, 2.05) is 17.8 Å². The van der Waals surface area contributed by atoms with Gasteiger partial charge in [-0.3, -0.25) is 4.90 Å². The minimum atomic E-state index is -0.0373. The highest BCUT2D eigenvalue weighted by atomic mass is 32.2. The second-order valence-electron chi connectivity index (χ2n) is 8.25. The van der Waals surface area contributed by atoms with Gasteiger partial charge in [0.05, 0.1) is 10.1 Å². The molecule has 1 saturated heterocycles. The van der Waals surface area contributed by atoms with E-state index in [1.54, 1.807) is 0 Å². The van der Waals surface area contributed by atoms with E-state index in [-0.39, 0.29) is 11.4 Å². The molecule has 3 aromatic carbocycles. The van der Waals surface area contributed by atoms with E-state index in [0.717, 1.165) is 24.7 Å². The molecule has 4 heteroatoms. The molecular weight excluding hydrogens is 402 g/mol. The average Bonchev–Trinajstić information content (AvgIpc) is 2.85. The Morgan fingerprint density at radius 3 is 2.35 bits per heavy atom. The Bertz CT molecular complexity index is 970. The van der Waals surface area contributed by atoms with E-state index in [2.05, 4.69) is 77.7 Å². The number of rotatable bonds is 6. The number of para-hydroxylation sites is 1. The summed E-state index contributed by atoms with van der Waals surface area (Å²) in [4.78, 5) is 3.71. The molecule has 0 spiro atoms. The summed E-state index contributed by atoms with van der Waals surface area (Å²) < 4.78 is 12.5. The fourth-order valence-electron chi connectivity index (χ4n) is 4.40. The van der Waals surface area contributed by atoms with Crippen LogP contribution in [0.3, 0.4) is 0 Å². The third-order valence-electron chi connectivity index (χ3n) is 6.09. The monoisotopic (exact) mass is 431 g/mol. The molecule has 0 amide bonds. The van der Waals surface area contributed by atoms with Gasteiger partial charge < -0.3 is 9.47 Å². The molecule has 31 heavy (non-hydrogen) atoms. The highest BCUT2D eigenvalue weighted by Gasteiger charge is 2.33. The molecule has 1 fully saturated rings. The Hall–Kier alpha value is -2.43. The molecule has 0 saturated carbocycles. The van der Waals surface area contributed by atoms with Crippen molar-refractivity contribution in [1.82, 2.24) is 4.90 Å². The highest BCUT2D eigenvalue weighted by Crippen LogP contribution is 2.53. The molecule has 0 N–H and O–H groups in total. The van der Waals surface area contributed by atoms with Crippen molar-refractivity contribution in [2.24, 2.45) is 0 Å². The van der Waals surface area contributed by atoms with Crippen molar-refractivity contribution in [3.63, 3.8) is 0 Å². The van der Waals surface area contributed by atoms with Crippen molar-refractivity contribution in [3.8, 4) is 11.5 Å². The first-order valence-corrected chi connectivity index (χ1v) is 12.2. The molecule has 0 aromatic heterocycles. The first-order chi connectivity index (χ1) is 15.4. The van der Waals surface area contributed by atoms with Crippen molar-refractivity contribution >= 4 is 11.8 Å². The van der Waals surface area contributed by atoms with Gasteiger partial charge in [-0.1, -0.05) is 61.0 Å². The van der Waals surface area contributed by atoms with E-state index in [1.165, 1.54) is 48.4 Å². The molecule has 5 rings (SSSR count). The zero-order chi connectivity index (χ0) is 20.9. The second-order valence-corrected chi connectivity index (χ2v) is 9.44. The summed E-state index contributed by atoms with van der Waals surface area (Å²) in [6, 6.07) is 27.5. The Kier molecular flexibility index (Phi) is 6.47. The van der Waals surface area contributed by atoms with Crippen LogP contribution in [0.4, 0.5) is 0 Å². The van der Waals surface area contributed by atoms with Gasteiger partial charge in [-0.15, -0.1) is 11.8 Å². The Morgan fingerprint density at radius 1 is 0.806 bits per heavy atom. The molecule has 2 aliphatic rings. The van der Waals surface area contributed by atoms with E-state index in [0.29, 0.717) is 0 Å². The summed E-state index contributed by atoms with van der Waals surface area (Å²) in [5, 5.41) is 0.210. The van der Waals surface area contributed by atoms with Crippen LogP contribution < -0.4 is 9.47 Å². The second kappa shape index (κ2) is 9.80. The van der Waals surface area contributed by atoms with Gasteiger partial charge in [0.2, 0.25) is 0 Å². The van der Waals surface area contributed by atoms with E-state index < -0.39 is 0 Å². The maximum atomic E-state index is 6.52. The number of likely N-dealkylation sites (tertiary alicyclic amines) is 1. The number of hydrogen-bond acceptors (Lipinski definition) is 4. The lowest BCUT2D eigenvalue weighted by molar-refractivity contribution is 0.182. The van der Waals surface area contributed by atoms with Crippen molar-refractivity contribution in [2.45, 2.75) is 35.5 Å². The molecular formula is C27H29NO2S. The minimum absolute atomic E-state index is 0.0373. The molecule has 0 aliphatic carbocycles. The quantitative estimate of drug-likeness (QED) is 0.443. The fraction of sp³-hybridized carbons (Fsp3) is 0.333. The van der Waals surface area contributed by atoms with Crippen LogP contribution >= 0.6 is 11.8 Å². The van der Waals surface area contributed by atoms with Crippen LogP contribution in [-0.4, -0.2) is 31.1 Å². The molecule has 2 heterocycles. The first kappa shape index (κ1) is 20.5. The molecule has 3 nitrogen and oxygen atoms in total. The van der Waals surface area contributed by atoms with Gasteiger partial charge in [-0.05, 0) is 61.3 Å². The summed E-state index contributed by atoms with van der Waals surface area (Å²) in [5.74, 6) is 1.90. The summed E-state index contributed by atoms with van der Waals surface area (Å²) in [7, 11) is 0. The van der Waals surface area contributed by atoms with Crippen molar-refractivity contribution in [1.29, 1.82) is 0 Å². The van der Waals surface area contributed by atoms with Gasteiger partial charge in [-0.25, -0.2) is 0 Å². The van der Waals surface area contributed by atoms with Gasteiger partial charge >= 0.3 is 0 Å². The third kappa shape index (κ3) is 4.91. The van der Waals surface area contributed by atoms with E-state index in [9.17, 15) is 0 Å². The van der Waals surface area contributed by atoms with E-state index in [4.69, 9.17) is 9.47 Å². The van der Waals surface area contributed by atoms with Crippen LogP contribution in [0.25, 0.3) is 0 Å². The van der Waals surface area contributed by atoms with Crippen LogP contribution in [0.1, 0.15) is 41.7 Å². The summed E-state index contributed by atoms with van der Waals surface area (Å²) in [6.45, 7) is 4.18. The third-order valence-corrected chi connectivity index (χ3v) is 7.46. The molecule has 0 unspecified atom stereocenters. The van der Waals surface area contributed by atoms with E-state index >= 15 is 0 Å². The maximum Gasteiger partial charge on any atom is 0.140 e. The topological polar surface area (TPSA) is 21.7 Å². The molecule has 0 radical (unpaired) electrons. The average molecular weight is 432 g/mol. The zero-order valence-corrected chi connectivity index (χ0v) is 18.6. The number of ether oxygens (including phenoxy) is 2. The fourth-order valence-corrected chi connectivity index (χ4v) is 5.69. The van der Waals surface area contributed by atoms with Gasteiger partial charge in [0.1, 0.15) is 24.2 Å². The Morgan fingerprint density at radius 2 is 1.55 bits per heavy atom. The van der Waals surface area contributed by atoms with Crippen LogP contribution in [-0.2, 0) is 0 Å². The van der Waals surface area contributed by atoms with Crippen molar-refractivity contribution in [2.75, 3.05) is 26.2 Å². The predicted molar refractivity (Wildman–Crippen MR) is 127 cm³/mol. The minimum Gasteiger partial charge on any atom is -0.492 e. The number of benzene rings is 3. The summed E-state index contributed by atoms with van der Waals surface area (Å²) in [6.07, 6.45) is 3.97. The number of fused-ring (bicyclic) bond motifs is 1. The molecule has 160 valence electrons. The highest BCUT2D eigenvalue weighted by molar-refractivity contribution is 7.99. The normalized spacial score (nSPS) is 21.2. The standard InChI is InChI=1S/C27H29NO2S/c1-3-9-22(10-4-1)27-26(30-24-11-5-6-12-25(24)31-27)21-13-15-23(16-14-21)29-20-19-28-17-7-2-8-18-28/h1,3-6,9-16,26-27H,2,7-8,17-20H2/t26-,27+/m1/s1. The summed E-state index contributed by atoms with van der Waals surface area (Å²) >= 11 is 1.89. The first-order valence-electron chi connectivity index (χ1n) is 11.3. The molecule has 0 bridgehead atoms. The predicted octanol–water partition coefficient (Wildman–Crippen LogP) is 6.52. The van der Waals surface area contributed by atoms with Crippen LogP contribution in [0, 0.1) is 0 Å². The lowest BCUT2D eigenvalue weighted by Gasteiger charge is -2.33. The molecule has 2 aliphatic heterocycles. The SMILES string of the molecule is c1ccc([C@@H]2Sc3ccccc3O[C@@H]2c2ccc(OCCN3CCCCC3)cc2)cc1. The smallest absolute Gasteiger partial charge is 0.140 e. The van der Waals surface area contributed by atoms with Crippen LogP contribution in [0.15, 0.2) is 83.8 Å². The number of hydrogen-bond donors (Lipinski definition) is 0. The Labute approximate surface area is 189 Å². The van der Waals surface area contributed by atoms with Gasteiger partial charge in [0.15, 0.2) is 0 Å². The lowest BCUT2D eigenvalue weighted by atomic mass is 10.00. The van der Waals surface area contributed by atoms with Gasteiger partial charge in [-0.2, -0.15) is 0 Å². The zero-order valence-electron chi connectivity index (χ0n) is 17.8. The number of thioether (sulfide) groups is 1. The molecule has 2 atom stereocenters. The van der Waals surface area contributed by atoms with Crippen molar-refractivity contribution in [3.05, 3.63) is 90.0 Å². The number of nitrogens with zero attached hydrogens (tertiary/aromatic N) is 1. The van der Waals surface area contributed by atoms with Gasteiger partial charge in [0.25, 0.3) is 0 Å². The van der Waals surface area contributed by atoms with Crippen LogP contribution in [0.5, 0.6) is 11.5 Å². The lowest BCUT2D eigenvalue weighted by Crippen LogP contribution is -2.33. The maximum absolute atomic E-state index is 6.52. The largest absolute Gasteiger partial charge is 0.492 e. The Balaban J connectivity index is 1.30. The number of piperidine rings is 1. The summed E-state index contributed by atoms with van der Waals surface area (Å²) in [5.41, 5.74) is 2.47. The van der Waals surface area contributed by atoms with Crippen molar-refractivity contribution < 1.29 is 9.47 Å². The molecule has 3 aromatic rings.